The zero-order valence-corrected chi connectivity index (χ0v) is 28.1. The number of carbonyl (C=O) groups is 3. The zero-order chi connectivity index (χ0) is 34.0. The van der Waals surface area contributed by atoms with Crippen molar-refractivity contribution in [2.45, 2.75) is 62.4 Å². The average molecular weight is 665 g/mol. The molecule has 13 heteroatoms. The minimum absolute atomic E-state index is 0.100. The number of likely N-dealkylation sites (tertiary alicyclic amines) is 1. The summed E-state index contributed by atoms with van der Waals surface area (Å²) in [6.07, 6.45) is 0.430. The fraction of sp³-hybridized carbons (Fsp3) is 0.382. The number of aryl methyl sites for hydroxylation is 1. The summed E-state index contributed by atoms with van der Waals surface area (Å²) in [6.45, 7) is 5.94. The van der Waals surface area contributed by atoms with Gasteiger partial charge < -0.3 is 29.7 Å². The summed E-state index contributed by atoms with van der Waals surface area (Å²) in [5.41, 5.74) is 4.27. The van der Waals surface area contributed by atoms with Crippen LogP contribution >= 0.6 is 0 Å². The number of hydrogen-bond acceptors (Lipinski definition) is 9. The van der Waals surface area contributed by atoms with Crippen molar-refractivity contribution in [3.05, 3.63) is 76.3 Å². The average Bonchev–Trinajstić information content (AvgIpc) is 3.70. The van der Waals surface area contributed by atoms with Crippen LogP contribution in [0.2, 0.25) is 0 Å². The number of amides is 3. The van der Waals surface area contributed by atoms with Crippen molar-refractivity contribution in [3.8, 4) is 11.5 Å². The number of rotatable bonds is 10. The summed E-state index contributed by atoms with van der Waals surface area (Å²) in [6, 6.07) is 11.9. The van der Waals surface area contributed by atoms with Crippen molar-refractivity contribution in [1.82, 2.24) is 10.2 Å². The van der Waals surface area contributed by atoms with Gasteiger partial charge in [0.2, 0.25) is 5.91 Å². The summed E-state index contributed by atoms with van der Waals surface area (Å²) in [5.74, 6) is 0.435. The number of nitrogens with one attached hydrogen (secondary N) is 3. The Morgan fingerprint density at radius 3 is 2.40 bits per heavy atom. The summed E-state index contributed by atoms with van der Waals surface area (Å²) < 4.78 is 42.9. The quantitative estimate of drug-likeness (QED) is 0.268. The first-order valence-electron chi connectivity index (χ1n) is 15.3. The number of carbonyl (C=O) groups excluding carboxylic acids is 3. The molecule has 0 aliphatic carbocycles. The van der Waals surface area contributed by atoms with Crippen molar-refractivity contribution in [1.29, 1.82) is 0 Å². The first-order valence-corrected chi connectivity index (χ1v) is 16.9. The van der Waals surface area contributed by atoms with E-state index in [1.807, 2.05) is 13.0 Å². The van der Waals surface area contributed by atoms with Gasteiger partial charge in [0.25, 0.3) is 5.91 Å². The number of benzene rings is 3. The number of sulfone groups is 1. The topological polar surface area (TPSA) is 152 Å². The third kappa shape index (κ3) is 6.57. The highest BCUT2D eigenvalue weighted by Gasteiger charge is 2.38. The molecule has 3 amide bonds. The second-order valence-electron chi connectivity index (χ2n) is 11.8. The molecule has 0 radical (unpaired) electrons. The molecule has 0 bridgehead atoms. The first kappa shape index (κ1) is 33.6. The number of fused-ring (bicyclic) bond motifs is 1. The summed E-state index contributed by atoms with van der Waals surface area (Å²) in [5, 5.41) is 8.12. The molecule has 250 valence electrons. The molecule has 2 aliphatic heterocycles. The lowest BCUT2D eigenvalue weighted by Crippen LogP contribution is -2.38. The Balaban J connectivity index is 1.60. The van der Waals surface area contributed by atoms with Gasteiger partial charge in [-0.05, 0) is 98.3 Å². The van der Waals surface area contributed by atoms with Crippen LogP contribution in [0.4, 0.5) is 16.2 Å². The molecule has 1 fully saturated rings. The maximum Gasteiger partial charge on any atom is 0.411 e. The van der Waals surface area contributed by atoms with E-state index in [0.29, 0.717) is 65.5 Å². The maximum atomic E-state index is 14.7. The Morgan fingerprint density at radius 1 is 0.979 bits per heavy atom. The lowest BCUT2D eigenvalue weighted by Gasteiger charge is -2.32. The van der Waals surface area contributed by atoms with Gasteiger partial charge in [-0.2, -0.15) is 0 Å². The van der Waals surface area contributed by atoms with E-state index < -0.39 is 33.3 Å². The van der Waals surface area contributed by atoms with Crippen LogP contribution < -0.4 is 25.4 Å². The van der Waals surface area contributed by atoms with Gasteiger partial charge in [0, 0.05) is 30.0 Å². The maximum absolute atomic E-state index is 14.7. The van der Waals surface area contributed by atoms with Crippen LogP contribution in [-0.4, -0.2) is 64.3 Å². The van der Waals surface area contributed by atoms with Crippen LogP contribution in [0.1, 0.15) is 71.4 Å². The van der Waals surface area contributed by atoms with Crippen molar-refractivity contribution >= 4 is 39.1 Å². The van der Waals surface area contributed by atoms with Crippen LogP contribution in [0, 0.1) is 6.92 Å². The Morgan fingerprint density at radius 2 is 1.72 bits per heavy atom. The number of ether oxygens (including phenoxy) is 3. The van der Waals surface area contributed by atoms with E-state index in [4.69, 9.17) is 14.2 Å². The zero-order valence-electron chi connectivity index (χ0n) is 27.3. The van der Waals surface area contributed by atoms with E-state index in [9.17, 15) is 22.8 Å². The van der Waals surface area contributed by atoms with E-state index in [2.05, 4.69) is 16.0 Å². The molecule has 47 heavy (non-hydrogen) atoms. The SMILES string of the molecule is COC(=O)Nc1ccc(S(=O)(=O)C(C)C)c([C@H]2CCCN2C(=O)[C@H](Nc2cc(C)c3c(c2)C(=O)NC3)c2ccc(OC)c(OC)c2)c1. The van der Waals surface area contributed by atoms with E-state index in [0.717, 1.165) is 11.1 Å². The van der Waals surface area contributed by atoms with Crippen molar-refractivity contribution in [2.24, 2.45) is 0 Å². The summed E-state index contributed by atoms with van der Waals surface area (Å²) in [4.78, 5) is 41.1. The minimum Gasteiger partial charge on any atom is -0.493 e. The molecule has 3 aromatic carbocycles. The Kier molecular flexibility index (Phi) is 9.66. The molecule has 3 aromatic rings. The van der Waals surface area contributed by atoms with Crippen LogP contribution in [-0.2, 0) is 25.9 Å². The van der Waals surface area contributed by atoms with Crippen LogP contribution in [0.5, 0.6) is 11.5 Å². The van der Waals surface area contributed by atoms with Crippen LogP contribution in [0.15, 0.2) is 53.4 Å². The molecule has 0 aromatic heterocycles. The molecule has 12 nitrogen and oxygen atoms in total. The fourth-order valence-electron chi connectivity index (χ4n) is 6.18. The van der Waals surface area contributed by atoms with Gasteiger partial charge in [0.1, 0.15) is 6.04 Å². The van der Waals surface area contributed by atoms with Crippen molar-refractivity contribution in [2.75, 3.05) is 38.5 Å². The largest absolute Gasteiger partial charge is 0.493 e. The molecule has 0 unspecified atom stereocenters. The van der Waals surface area contributed by atoms with Gasteiger partial charge in [0.15, 0.2) is 21.3 Å². The summed E-state index contributed by atoms with van der Waals surface area (Å²) >= 11 is 0. The second-order valence-corrected chi connectivity index (χ2v) is 14.3. The van der Waals surface area contributed by atoms with Gasteiger partial charge in [0.05, 0.1) is 37.5 Å². The minimum atomic E-state index is -3.76. The standard InChI is InChI=1S/C34H40N4O8S/c1-19(2)47(42,43)30-12-10-22(37-34(41)46-6)16-25(30)27-8-7-13-38(27)33(40)31(21-9-11-28(44-4)29(15-21)45-5)36-23-14-20(3)26-18-35-32(39)24(26)17-23/h9-12,14-17,19,27,31,36H,7-8,13,18H2,1-6H3,(H,35,39)(H,37,41)/t27-,31-/m1/s1. The smallest absolute Gasteiger partial charge is 0.411 e. The fourth-order valence-corrected chi connectivity index (χ4v) is 7.47. The summed E-state index contributed by atoms with van der Waals surface area (Å²) in [7, 11) is 0.509. The van der Waals surface area contributed by atoms with Crippen molar-refractivity contribution in [3.63, 3.8) is 0 Å². The molecular weight excluding hydrogens is 624 g/mol. The van der Waals surface area contributed by atoms with Gasteiger partial charge >= 0.3 is 6.09 Å². The molecule has 2 atom stereocenters. The predicted molar refractivity (Wildman–Crippen MR) is 177 cm³/mol. The van der Waals surface area contributed by atoms with E-state index >= 15 is 0 Å². The van der Waals surface area contributed by atoms with Crippen LogP contribution in [0.25, 0.3) is 0 Å². The van der Waals surface area contributed by atoms with Crippen molar-refractivity contribution < 1.29 is 37.0 Å². The molecular formula is C34H40N4O8S. The number of methoxy groups -OCH3 is 3. The Bertz CT molecular complexity index is 1820. The Hall–Kier alpha value is -4.78. The Labute approximate surface area is 274 Å². The van der Waals surface area contributed by atoms with Gasteiger partial charge in [-0.3, -0.25) is 14.9 Å². The lowest BCUT2D eigenvalue weighted by atomic mass is 9.99. The molecule has 1 saturated heterocycles. The second kappa shape index (κ2) is 13.5. The molecule has 0 saturated carbocycles. The molecule has 3 N–H and O–H groups in total. The molecule has 2 heterocycles. The molecule has 2 aliphatic rings. The van der Waals surface area contributed by atoms with Gasteiger partial charge in [-0.25, -0.2) is 13.2 Å². The van der Waals surface area contributed by atoms with Gasteiger partial charge in [-0.1, -0.05) is 6.07 Å². The third-order valence-electron chi connectivity index (χ3n) is 8.71. The monoisotopic (exact) mass is 664 g/mol. The number of hydrogen-bond donors (Lipinski definition) is 3. The normalized spacial score (nSPS) is 16.4. The van der Waals surface area contributed by atoms with E-state index in [1.165, 1.54) is 33.5 Å². The highest BCUT2D eigenvalue weighted by atomic mass is 32.2. The highest BCUT2D eigenvalue weighted by Crippen LogP contribution is 2.41. The lowest BCUT2D eigenvalue weighted by molar-refractivity contribution is -0.133. The van der Waals surface area contributed by atoms with Crippen LogP contribution in [0.3, 0.4) is 0 Å². The highest BCUT2D eigenvalue weighted by molar-refractivity contribution is 7.92. The number of nitrogens with zero attached hydrogens (tertiary/aromatic N) is 1. The first-order chi connectivity index (χ1) is 22.4. The predicted octanol–water partition coefficient (Wildman–Crippen LogP) is 5.13. The van der Waals surface area contributed by atoms with E-state index in [1.54, 1.807) is 49.1 Å². The van der Waals surface area contributed by atoms with E-state index in [-0.39, 0.29) is 16.7 Å². The number of anilines is 2. The van der Waals surface area contributed by atoms with Gasteiger partial charge in [-0.15, -0.1) is 0 Å². The third-order valence-corrected chi connectivity index (χ3v) is 10.9. The molecule has 5 rings (SSSR count). The molecule has 0 spiro atoms.